The maximum atomic E-state index is 13.1. The van der Waals surface area contributed by atoms with E-state index in [1.165, 1.54) is 24.3 Å². The molecule has 6 nitrogen and oxygen atoms in total. The monoisotopic (exact) mass is 441 g/mol. The lowest BCUT2D eigenvalue weighted by molar-refractivity contribution is 0.0951. The van der Waals surface area contributed by atoms with E-state index in [0.717, 1.165) is 0 Å². The third-order valence-electron chi connectivity index (χ3n) is 4.35. The van der Waals surface area contributed by atoms with E-state index < -0.39 is 10.0 Å². The van der Waals surface area contributed by atoms with Crippen LogP contribution in [0.25, 0.3) is 0 Å². The average molecular weight is 442 g/mol. The lowest BCUT2D eigenvalue weighted by Gasteiger charge is -2.13. The van der Waals surface area contributed by atoms with Crippen molar-refractivity contribution < 1.29 is 17.6 Å². The number of benzene rings is 3. The molecule has 0 atom stereocenters. The Bertz CT molecular complexity index is 1160. The fraction of sp³-hybridized carbons (Fsp3) is 0.174. The molecule has 0 aromatic heterocycles. The summed E-state index contributed by atoms with van der Waals surface area (Å²) in [5.74, 6) is -0.664. The Hall–Kier alpha value is -3.23. The first-order valence-corrected chi connectivity index (χ1v) is 11.2. The molecule has 0 saturated heterocycles. The molecule has 0 saturated carbocycles. The van der Waals surface area contributed by atoms with E-state index in [0.29, 0.717) is 22.5 Å². The van der Waals surface area contributed by atoms with E-state index in [-0.39, 0.29) is 29.2 Å². The fourth-order valence-corrected chi connectivity index (χ4v) is 4.28. The molecular weight excluding hydrogens is 417 g/mol. The quantitative estimate of drug-likeness (QED) is 0.489. The highest BCUT2D eigenvalue weighted by molar-refractivity contribution is 7.89. The van der Waals surface area contributed by atoms with E-state index in [4.69, 9.17) is 0 Å². The number of halogens is 1. The first kappa shape index (κ1) is 22.5. The van der Waals surface area contributed by atoms with Crippen molar-refractivity contribution in [1.82, 2.24) is 10.0 Å². The van der Waals surface area contributed by atoms with Crippen LogP contribution in [-0.4, -0.2) is 20.4 Å². The average Bonchev–Trinajstić information content (AvgIpc) is 2.73. The summed E-state index contributed by atoms with van der Waals surface area (Å²) < 4.78 is 40.4. The summed E-state index contributed by atoms with van der Waals surface area (Å²) in [5.41, 5.74) is 2.29. The van der Waals surface area contributed by atoms with Crippen molar-refractivity contribution in [3.8, 4) is 0 Å². The maximum Gasteiger partial charge on any atom is 0.253 e. The van der Waals surface area contributed by atoms with Crippen LogP contribution in [0.5, 0.6) is 0 Å². The summed E-state index contributed by atoms with van der Waals surface area (Å²) in [5, 5.41) is 5.93. The number of nitrogens with one attached hydrogen (secondary N) is 3. The summed E-state index contributed by atoms with van der Waals surface area (Å²) >= 11 is 0. The number of rotatable bonds is 8. The van der Waals surface area contributed by atoms with Crippen LogP contribution in [0.3, 0.4) is 0 Å². The van der Waals surface area contributed by atoms with E-state index in [1.807, 2.05) is 0 Å². The third kappa shape index (κ3) is 6.13. The number of hydrogen-bond donors (Lipinski definition) is 3. The van der Waals surface area contributed by atoms with Crippen LogP contribution in [0.2, 0.25) is 0 Å². The van der Waals surface area contributed by atoms with Gasteiger partial charge in [-0.2, -0.15) is 0 Å². The van der Waals surface area contributed by atoms with Gasteiger partial charge in [0.25, 0.3) is 5.91 Å². The zero-order valence-corrected chi connectivity index (χ0v) is 18.0. The van der Waals surface area contributed by atoms with Gasteiger partial charge in [-0.15, -0.1) is 0 Å². The molecule has 0 bridgehead atoms. The van der Waals surface area contributed by atoms with Crippen LogP contribution in [-0.2, 0) is 16.6 Å². The largest absolute Gasteiger partial charge is 0.355 e. The lowest BCUT2D eigenvalue weighted by atomic mass is 10.1. The molecule has 0 aliphatic heterocycles. The van der Waals surface area contributed by atoms with Gasteiger partial charge in [0.1, 0.15) is 5.82 Å². The number of carbonyl (C=O) groups is 1. The maximum absolute atomic E-state index is 13.1. The molecule has 1 amide bonds. The SMILES string of the molecule is CC(C)NS(=O)(=O)c1cccc(CNC(=O)c2ccccc2Nc2ccc(F)cc2)c1. The Morgan fingerprint density at radius 2 is 1.68 bits per heavy atom. The molecule has 0 heterocycles. The molecule has 3 aromatic rings. The van der Waals surface area contributed by atoms with Gasteiger partial charge in [-0.25, -0.2) is 17.5 Å². The fourth-order valence-electron chi connectivity index (χ4n) is 2.96. The Kier molecular flexibility index (Phi) is 7.04. The highest BCUT2D eigenvalue weighted by atomic mass is 32.2. The minimum Gasteiger partial charge on any atom is -0.355 e. The van der Waals surface area contributed by atoms with Crippen molar-refractivity contribution in [2.24, 2.45) is 0 Å². The Balaban J connectivity index is 1.72. The smallest absolute Gasteiger partial charge is 0.253 e. The Morgan fingerprint density at radius 1 is 0.968 bits per heavy atom. The molecule has 0 aliphatic carbocycles. The predicted molar refractivity (Wildman–Crippen MR) is 119 cm³/mol. The minimum atomic E-state index is -3.62. The summed E-state index contributed by atoms with van der Waals surface area (Å²) in [4.78, 5) is 12.9. The molecular formula is C23H24FN3O3S. The number of carbonyl (C=O) groups excluding carboxylic acids is 1. The summed E-state index contributed by atoms with van der Waals surface area (Å²) in [6.45, 7) is 3.66. The number of para-hydroxylation sites is 1. The van der Waals surface area contributed by atoms with Crippen LogP contribution in [0.1, 0.15) is 29.8 Å². The molecule has 0 fully saturated rings. The summed E-state index contributed by atoms with van der Waals surface area (Å²) in [6, 6.07) is 19.0. The lowest BCUT2D eigenvalue weighted by Crippen LogP contribution is -2.30. The van der Waals surface area contributed by atoms with E-state index in [9.17, 15) is 17.6 Å². The molecule has 0 aliphatic rings. The van der Waals surface area contributed by atoms with Crippen molar-refractivity contribution in [3.05, 3.63) is 89.7 Å². The predicted octanol–water partition coefficient (Wildman–Crippen LogP) is 4.19. The Labute approximate surface area is 181 Å². The topological polar surface area (TPSA) is 87.3 Å². The first-order chi connectivity index (χ1) is 14.7. The minimum absolute atomic E-state index is 0.145. The van der Waals surface area contributed by atoms with Crippen molar-refractivity contribution in [3.63, 3.8) is 0 Å². The zero-order chi connectivity index (χ0) is 22.4. The van der Waals surface area contributed by atoms with Crippen molar-refractivity contribution >= 4 is 27.3 Å². The standard InChI is InChI=1S/C23H24FN3O3S/c1-16(2)27-31(29,30)20-7-5-6-17(14-20)15-25-23(28)21-8-3-4-9-22(21)26-19-12-10-18(24)11-13-19/h3-14,16,26-27H,15H2,1-2H3,(H,25,28). The van der Waals surface area contributed by atoms with Gasteiger partial charge < -0.3 is 10.6 Å². The van der Waals surface area contributed by atoms with E-state index in [2.05, 4.69) is 15.4 Å². The van der Waals surface area contributed by atoms with Gasteiger partial charge in [0.15, 0.2) is 0 Å². The second-order valence-electron chi connectivity index (χ2n) is 7.28. The van der Waals surface area contributed by atoms with Gasteiger partial charge >= 0.3 is 0 Å². The van der Waals surface area contributed by atoms with Gasteiger partial charge in [-0.3, -0.25) is 4.79 Å². The first-order valence-electron chi connectivity index (χ1n) is 9.76. The molecule has 0 spiro atoms. The molecule has 0 radical (unpaired) electrons. The molecule has 3 aromatic carbocycles. The molecule has 3 rings (SSSR count). The van der Waals surface area contributed by atoms with Crippen LogP contribution in [0.4, 0.5) is 15.8 Å². The second-order valence-corrected chi connectivity index (χ2v) is 9.00. The van der Waals surface area contributed by atoms with Crippen LogP contribution >= 0.6 is 0 Å². The van der Waals surface area contributed by atoms with Crippen LogP contribution in [0, 0.1) is 5.82 Å². The highest BCUT2D eigenvalue weighted by Gasteiger charge is 2.16. The van der Waals surface area contributed by atoms with Crippen LogP contribution in [0.15, 0.2) is 77.7 Å². The summed E-state index contributed by atoms with van der Waals surface area (Å²) in [7, 11) is -3.62. The van der Waals surface area contributed by atoms with Crippen LogP contribution < -0.4 is 15.4 Å². The summed E-state index contributed by atoms with van der Waals surface area (Å²) in [6.07, 6.45) is 0. The van der Waals surface area contributed by atoms with Gasteiger partial charge in [0, 0.05) is 18.3 Å². The van der Waals surface area contributed by atoms with Gasteiger partial charge in [-0.1, -0.05) is 24.3 Å². The normalized spacial score (nSPS) is 11.4. The van der Waals surface area contributed by atoms with Gasteiger partial charge in [0.05, 0.1) is 16.1 Å². The molecule has 3 N–H and O–H groups in total. The molecule has 0 unspecified atom stereocenters. The zero-order valence-electron chi connectivity index (χ0n) is 17.2. The molecule has 31 heavy (non-hydrogen) atoms. The molecule has 162 valence electrons. The number of anilines is 2. The van der Waals surface area contributed by atoms with Crippen molar-refractivity contribution in [2.45, 2.75) is 31.3 Å². The number of amides is 1. The van der Waals surface area contributed by atoms with Gasteiger partial charge in [-0.05, 0) is 67.9 Å². The van der Waals surface area contributed by atoms with E-state index in [1.54, 1.807) is 62.4 Å². The van der Waals surface area contributed by atoms with Gasteiger partial charge in [0.2, 0.25) is 10.0 Å². The van der Waals surface area contributed by atoms with E-state index >= 15 is 0 Å². The number of hydrogen-bond acceptors (Lipinski definition) is 4. The second kappa shape index (κ2) is 9.72. The van der Waals surface area contributed by atoms with Crippen molar-refractivity contribution in [1.29, 1.82) is 0 Å². The third-order valence-corrected chi connectivity index (χ3v) is 6.00. The molecule has 8 heteroatoms. The highest BCUT2D eigenvalue weighted by Crippen LogP contribution is 2.21. The Morgan fingerprint density at radius 3 is 2.39 bits per heavy atom. The van der Waals surface area contributed by atoms with Crippen molar-refractivity contribution in [2.75, 3.05) is 5.32 Å². The number of sulfonamides is 1.